The van der Waals surface area contributed by atoms with Gasteiger partial charge in [-0.05, 0) is 81.7 Å². The van der Waals surface area contributed by atoms with E-state index in [1.807, 2.05) is 39.8 Å². The topological polar surface area (TPSA) is 27.7 Å². The second-order valence-corrected chi connectivity index (χ2v) is 9.73. The van der Waals surface area contributed by atoms with Crippen molar-refractivity contribution in [3.63, 3.8) is 0 Å². The molecule has 0 aromatic heterocycles. The standard InChI is InChI=1S/C25H31BF2O3/c1-23(2)24(3,4)31-26(30-23)21-14-16-22(17-15-21)29-25(27,28)20-12-10-19(11-13-20)18-8-6-5-7-9-18/h10-18H,5-9H2,1-4H3. The summed E-state index contributed by atoms with van der Waals surface area (Å²) in [4.78, 5) is 0. The molecule has 0 spiro atoms. The van der Waals surface area contributed by atoms with Crippen LogP contribution < -0.4 is 10.2 Å². The van der Waals surface area contributed by atoms with E-state index in [0.29, 0.717) is 5.92 Å². The number of halogens is 2. The number of hydrogen-bond donors (Lipinski definition) is 0. The molecule has 1 aliphatic heterocycles. The molecule has 0 amide bonds. The average molecular weight is 428 g/mol. The molecule has 166 valence electrons. The van der Waals surface area contributed by atoms with Gasteiger partial charge in [-0.1, -0.05) is 43.5 Å². The van der Waals surface area contributed by atoms with Crippen LogP contribution in [-0.2, 0) is 15.4 Å². The van der Waals surface area contributed by atoms with Crippen LogP contribution in [0.25, 0.3) is 0 Å². The van der Waals surface area contributed by atoms with Crippen LogP contribution in [0.3, 0.4) is 0 Å². The summed E-state index contributed by atoms with van der Waals surface area (Å²) in [7, 11) is -0.535. The lowest BCUT2D eigenvalue weighted by Crippen LogP contribution is -2.41. The maximum Gasteiger partial charge on any atom is 0.494 e. The molecule has 4 rings (SSSR count). The van der Waals surface area contributed by atoms with Gasteiger partial charge in [-0.3, -0.25) is 0 Å². The highest BCUT2D eigenvalue weighted by Gasteiger charge is 2.51. The van der Waals surface area contributed by atoms with E-state index in [-0.39, 0.29) is 11.3 Å². The molecule has 0 atom stereocenters. The van der Waals surface area contributed by atoms with Crippen LogP contribution in [0.2, 0.25) is 0 Å². The Labute approximate surface area is 184 Å². The minimum atomic E-state index is -3.41. The molecule has 0 unspecified atom stereocenters. The monoisotopic (exact) mass is 428 g/mol. The molecule has 2 aromatic carbocycles. The van der Waals surface area contributed by atoms with Gasteiger partial charge in [0.05, 0.1) is 16.8 Å². The SMILES string of the molecule is CC1(C)OB(c2ccc(OC(F)(F)c3ccc(C4CCCCC4)cc3)cc2)OC1(C)C. The van der Waals surface area contributed by atoms with Gasteiger partial charge in [0.2, 0.25) is 0 Å². The van der Waals surface area contributed by atoms with Crippen LogP contribution >= 0.6 is 0 Å². The number of benzene rings is 2. The molecule has 1 aliphatic carbocycles. The number of alkyl halides is 2. The molecule has 1 saturated carbocycles. The molecule has 2 fully saturated rings. The van der Waals surface area contributed by atoms with Gasteiger partial charge in [0, 0.05) is 0 Å². The van der Waals surface area contributed by atoms with Gasteiger partial charge in [0.25, 0.3) is 0 Å². The second-order valence-electron chi connectivity index (χ2n) is 9.73. The van der Waals surface area contributed by atoms with Gasteiger partial charge in [-0.25, -0.2) is 0 Å². The Kier molecular flexibility index (Phi) is 5.90. The highest BCUT2D eigenvalue weighted by Crippen LogP contribution is 2.38. The first-order chi connectivity index (χ1) is 14.6. The molecule has 31 heavy (non-hydrogen) atoms. The first-order valence-electron chi connectivity index (χ1n) is 11.2. The van der Waals surface area contributed by atoms with Crippen LogP contribution in [0.1, 0.15) is 76.8 Å². The summed E-state index contributed by atoms with van der Waals surface area (Å²) in [5.74, 6) is 0.585. The van der Waals surface area contributed by atoms with Crippen LogP contribution in [0, 0.1) is 0 Å². The van der Waals surface area contributed by atoms with Crippen molar-refractivity contribution in [2.24, 2.45) is 0 Å². The molecule has 0 radical (unpaired) electrons. The maximum absolute atomic E-state index is 14.7. The average Bonchev–Trinajstić information content (AvgIpc) is 2.96. The van der Waals surface area contributed by atoms with Crippen LogP contribution in [0.4, 0.5) is 8.78 Å². The smallest absolute Gasteiger partial charge is 0.429 e. The summed E-state index contributed by atoms with van der Waals surface area (Å²) >= 11 is 0. The van der Waals surface area contributed by atoms with Crippen molar-refractivity contribution >= 4 is 12.6 Å². The molecule has 2 aromatic rings. The van der Waals surface area contributed by atoms with Gasteiger partial charge >= 0.3 is 13.2 Å². The first-order valence-corrected chi connectivity index (χ1v) is 11.2. The number of hydrogen-bond acceptors (Lipinski definition) is 3. The predicted octanol–water partition coefficient (Wildman–Crippen LogP) is 6.16. The fourth-order valence-electron chi connectivity index (χ4n) is 4.26. The highest BCUT2D eigenvalue weighted by atomic mass is 19.3. The summed E-state index contributed by atoms with van der Waals surface area (Å²) in [6.07, 6.45) is 2.58. The second kappa shape index (κ2) is 8.21. The summed E-state index contributed by atoms with van der Waals surface area (Å²) in [5, 5.41) is 0. The Morgan fingerprint density at radius 2 is 1.39 bits per heavy atom. The summed E-state index contributed by atoms with van der Waals surface area (Å²) in [6, 6.07) is 13.1. The molecule has 1 heterocycles. The van der Waals surface area contributed by atoms with Crippen molar-refractivity contribution in [2.75, 3.05) is 0 Å². The van der Waals surface area contributed by atoms with E-state index >= 15 is 0 Å². The van der Waals surface area contributed by atoms with Gasteiger partial charge in [0.1, 0.15) is 5.75 Å². The zero-order valence-electron chi connectivity index (χ0n) is 18.8. The largest absolute Gasteiger partial charge is 0.494 e. The van der Waals surface area contributed by atoms with Gasteiger partial charge < -0.3 is 14.0 Å². The van der Waals surface area contributed by atoms with Crippen molar-refractivity contribution in [3.8, 4) is 5.75 Å². The van der Waals surface area contributed by atoms with E-state index in [1.165, 1.54) is 43.5 Å². The van der Waals surface area contributed by atoms with Crippen molar-refractivity contribution < 1.29 is 22.8 Å². The van der Waals surface area contributed by atoms with E-state index in [9.17, 15) is 8.78 Å². The van der Waals surface area contributed by atoms with E-state index in [4.69, 9.17) is 14.0 Å². The first kappa shape index (κ1) is 22.3. The lowest BCUT2D eigenvalue weighted by molar-refractivity contribution is -0.185. The summed E-state index contributed by atoms with van der Waals surface area (Å²) < 4.78 is 46.6. The highest BCUT2D eigenvalue weighted by molar-refractivity contribution is 6.62. The molecule has 0 bridgehead atoms. The van der Waals surface area contributed by atoms with Gasteiger partial charge in [0.15, 0.2) is 0 Å². The molecule has 0 N–H and O–H groups in total. The molecule has 2 aliphatic rings. The number of ether oxygens (including phenoxy) is 1. The quantitative estimate of drug-likeness (QED) is 0.534. The van der Waals surface area contributed by atoms with Crippen molar-refractivity contribution in [1.29, 1.82) is 0 Å². The summed E-state index contributed by atoms with van der Waals surface area (Å²) in [5.41, 5.74) is 0.868. The molecular weight excluding hydrogens is 397 g/mol. The van der Waals surface area contributed by atoms with Crippen molar-refractivity contribution in [1.82, 2.24) is 0 Å². The Hall–Kier alpha value is -1.92. The van der Waals surface area contributed by atoms with E-state index in [0.717, 1.165) is 23.9 Å². The van der Waals surface area contributed by atoms with E-state index in [1.54, 1.807) is 12.1 Å². The maximum atomic E-state index is 14.7. The van der Waals surface area contributed by atoms with E-state index < -0.39 is 24.4 Å². The molecule has 6 heteroatoms. The van der Waals surface area contributed by atoms with E-state index in [2.05, 4.69) is 0 Å². The lowest BCUT2D eigenvalue weighted by Gasteiger charge is -2.32. The summed E-state index contributed by atoms with van der Waals surface area (Å²) in [6.45, 7) is 7.91. The van der Waals surface area contributed by atoms with Gasteiger partial charge in [-0.15, -0.1) is 0 Å². The lowest BCUT2D eigenvalue weighted by atomic mass is 9.79. The fraction of sp³-hybridized carbons (Fsp3) is 0.520. The molecule has 1 saturated heterocycles. The molecular formula is C25H31BF2O3. The van der Waals surface area contributed by atoms with Crippen LogP contribution in [0.5, 0.6) is 5.75 Å². The van der Waals surface area contributed by atoms with Crippen molar-refractivity contribution in [3.05, 3.63) is 59.7 Å². The zero-order valence-corrected chi connectivity index (χ0v) is 18.8. The third kappa shape index (κ3) is 4.65. The van der Waals surface area contributed by atoms with Gasteiger partial charge in [-0.2, -0.15) is 8.78 Å². The number of rotatable bonds is 5. The zero-order chi connectivity index (χ0) is 22.3. The Morgan fingerprint density at radius 1 is 0.839 bits per heavy atom. The van der Waals surface area contributed by atoms with Crippen molar-refractivity contribution in [2.45, 2.75) is 83.0 Å². The normalized spacial score (nSPS) is 21.3. The minimum absolute atomic E-state index is 0.0987. The Morgan fingerprint density at radius 3 is 1.94 bits per heavy atom. The Bertz CT molecular complexity index is 872. The fourth-order valence-corrected chi connectivity index (χ4v) is 4.26. The van der Waals surface area contributed by atoms with Crippen LogP contribution in [0.15, 0.2) is 48.5 Å². The van der Waals surface area contributed by atoms with Crippen LogP contribution in [-0.4, -0.2) is 18.3 Å². The third-order valence-corrected chi connectivity index (χ3v) is 6.97. The Balaban J connectivity index is 1.42. The molecule has 3 nitrogen and oxygen atoms in total. The minimum Gasteiger partial charge on any atom is -0.429 e. The predicted molar refractivity (Wildman–Crippen MR) is 119 cm³/mol. The third-order valence-electron chi connectivity index (χ3n) is 6.97.